The third-order valence-electron chi connectivity index (χ3n) is 4.36. The van der Waals surface area contributed by atoms with Crippen LogP contribution in [-0.4, -0.2) is 17.6 Å². The lowest BCUT2D eigenvalue weighted by Gasteiger charge is -2.08. The first-order valence-electron chi connectivity index (χ1n) is 8.05. The molecule has 0 radical (unpaired) electrons. The fourth-order valence-electron chi connectivity index (χ4n) is 3.02. The van der Waals surface area contributed by atoms with Crippen LogP contribution >= 0.6 is 0 Å². The molecule has 0 spiro atoms. The Morgan fingerprint density at radius 3 is 2.76 bits per heavy atom. The zero-order valence-electron chi connectivity index (χ0n) is 13.7. The van der Waals surface area contributed by atoms with Crippen molar-refractivity contribution in [3.8, 4) is 0 Å². The number of aliphatic hydroxyl groups is 1. The number of hydrogen-bond acceptors (Lipinski definition) is 4. The number of aliphatic hydroxyl groups excluding tert-OH is 1. The second-order valence-electron chi connectivity index (χ2n) is 5.96. The second-order valence-corrected chi connectivity index (χ2v) is 5.96. The van der Waals surface area contributed by atoms with Gasteiger partial charge in [-0.05, 0) is 24.4 Å². The lowest BCUT2D eigenvalue weighted by Crippen LogP contribution is -2.28. The summed E-state index contributed by atoms with van der Waals surface area (Å²) in [7, 11) is 0. The molecular formula is C20H17NO4. The van der Waals surface area contributed by atoms with Gasteiger partial charge in [0, 0.05) is 16.3 Å². The van der Waals surface area contributed by atoms with Crippen molar-refractivity contribution in [1.82, 2.24) is 5.32 Å². The summed E-state index contributed by atoms with van der Waals surface area (Å²) >= 11 is 0. The molecule has 1 atom stereocenters. The number of rotatable bonds is 4. The summed E-state index contributed by atoms with van der Waals surface area (Å²) in [5, 5.41) is 15.7. The number of furan rings is 2. The molecule has 126 valence electrons. The second kappa shape index (κ2) is 6.11. The minimum absolute atomic E-state index is 0.0452. The molecule has 2 N–H and O–H groups in total. The quantitative estimate of drug-likeness (QED) is 0.592. The molecule has 1 amide bonds. The van der Waals surface area contributed by atoms with Gasteiger partial charge < -0.3 is 19.3 Å². The summed E-state index contributed by atoms with van der Waals surface area (Å²) in [6.45, 7) is 1.90. The molecule has 5 nitrogen and oxygen atoms in total. The molecule has 0 aliphatic carbocycles. The van der Waals surface area contributed by atoms with Crippen molar-refractivity contribution in [2.45, 2.75) is 13.0 Å². The number of carbonyl (C=O) groups excluding carboxylic acids is 1. The van der Waals surface area contributed by atoms with Gasteiger partial charge in [0.05, 0.1) is 12.8 Å². The van der Waals surface area contributed by atoms with E-state index in [2.05, 4.69) is 5.32 Å². The fraction of sp³-hybridized carbons (Fsp3) is 0.150. The Kier molecular flexibility index (Phi) is 3.78. The van der Waals surface area contributed by atoms with Gasteiger partial charge in [0.2, 0.25) is 0 Å². The summed E-state index contributed by atoms with van der Waals surface area (Å²) in [6, 6.07) is 15.2. The third kappa shape index (κ3) is 2.68. The molecule has 2 aromatic heterocycles. The van der Waals surface area contributed by atoms with Gasteiger partial charge in [-0.2, -0.15) is 0 Å². The monoisotopic (exact) mass is 335 g/mol. The predicted molar refractivity (Wildman–Crippen MR) is 94.5 cm³/mol. The average molecular weight is 335 g/mol. The van der Waals surface area contributed by atoms with Crippen LogP contribution in [0.3, 0.4) is 0 Å². The van der Waals surface area contributed by atoms with E-state index >= 15 is 0 Å². The molecule has 4 rings (SSSR count). The highest BCUT2D eigenvalue weighted by Gasteiger charge is 2.20. The Balaban J connectivity index is 1.63. The first-order valence-corrected chi connectivity index (χ1v) is 8.05. The lowest BCUT2D eigenvalue weighted by molar-refractivity contribution is 0.0876. The van der Waals surface area contributed by atoms with Crippen LogP contribution in [0.1, 0.15) is 28.0 Å². The van der Waals surface area contributed by atoms with Gasteiger partial charge in [-0.15, -0.1) is 0 Å². The maximum Gasteiger partial charge on any atom is 0.287 e. The standard InChI is InChI=1S/C20H17NO4/c1-12-14-9-8-13-5-2-3-6-15(13)19(14)25-18(12)20(23)21-11-16(22)17-7-4-10-24-17/h2-10,16,22H,11H2,1H3,(H,21,23). The zero-order valence-corrected chi connectivity index (χ0v) is 13.7. The number of carbonyl (C=O) groups is 1. The molecular weight excluding hydrogens is 318 g/mol. The highest BCUT2D eigenvalue weighted by Crippen LogP contribution is 2.31. The first-order chi connectivity index (χ1) is 12.1. The van der Waals surface area contributed by atoms with Gasteiger partial charge in [0.25, 0.3) is 5.91 Å². The van der Waals surface area contributed by atoms with Crippen molar-refractivity contribution in [2.24, 2.45) is 0 Å². The molecule has 1 unspecified atom stereocenters. The van der Waals surface area contributed by atoms with Crippen molar-refractivity contribution >= 4 is 27.6 Å². The van der Waals surface area contributed by atoms with E-state index in [0.29, 0.717) is 11.3 Å². The van der Waals surface area contributed by atoms with Crippen LogP contribution in [-0.2, 0) is 0 Å². The van der Waals surface area contributed by atoms with Crippen LogP contribution in [0.2, 0.25) is 0 Å². The van der Waals surface area contributed by atoms with Crippen molar-refractivity contribution in [3.05, 3.63) is 71.9 Å². The van der Waals surface area contributed by atoms with Gasteiger partial charge in [-0.25, -0.2) is 0 Å². The lowest BCUT2D eigenvalue weighted by atomic mass is 10.1. The Bertz CT molecular complexity index is 1050. The Morgan fingerprint density at radius 1 is 1.12 bits per heavy atom. The maximum absolute atomic E-state index is 12.5. The molecule has 0 saturated heterocycles. The topological polar surface area (TPSA) is 75.6 Å². The molecule has 4 aromatic rings. The van der Waals surface area contributed by atoms with Gasteiger partial charge in [0.15, 0.2) is 5.76 Å². The molecule has 0 aliphatic rings. The number of amides is 1. The van der Waals surface area contributed by atoms with E-state index in [-0.39, 0.29) is 18.2 Å². The number of nitrogens with one attached hydrogen (secondary N) is 1. The van der Waals surface area contributed by atoms with Gasteiger partial charge in [0.1, 0.15) is 17.4 Å². The first kappa shape index (κ1) is 15.5. The molecule has 2 heterocycles. The summed E-state index contributed by atoms with van der Waals surface area (Å²) in [5.41, 5.74) is 1.48. The van der Waals surface area contributed by atoms with Crippen LogP contribution in [0.4, 0.5) is 0 Å². The Labute approximate surface area is 143 Å². The van der Waals surface area contributed by atoms with Crippen molar-refractivity contribution in [1.29, 1.82) is 0 Å². The van der Waals surface area contributed by atoms with E-state index in [4.69, 9.17) is 8.83 Å². The average Bonchev–Trinajstić information content (AvgIpc) is 3.28. The van der Waals surface area contributed by atoms with Crippen LogP contribution in [0.25, 0.3) is 21.7 Å². The van der Waals surface area contributed by atoms with E-state index in [9.17, 15) is 9.90 Å². The summed E-state index contributed by atoms with van der Waals surface area (Å²) < 4.78 is 11.0. The fourth-order valence-corrected chi connectivity index (χ4v) is 3.02. The van der Waals surface area contributed by atoms with Crippen LogP contribution in [0, 0.1) is 6.92 Å². The van der Waals surface area contributed by atoms with Crippen LogP contribution in [0.5, 0.6) is 0 Å². The largest absolute Gasteiger partial charge is 0.467 e. The molecule has 2 aromatic carbocycles. The maximum atomic E-state index is 12.5. The highest BCUT2D eigenvalue weighted by molar-refractivity contribution is 6.08. The van der Waals surface area contributed by atoms with E-state index in [1.165, 1.54) is 6.26 Å². The molecule has 0 saturated carbocycles. The van der Waals surface area contributed by atoms with E-state index < -0.39 is 6.10 Å². The molecule has 0 aliphatic heterocycles. The number of hydrogen-bond donors (Lipinski definition) is 2. The Morgan fingerprint density at radius 2 is 1.96 bits per heavy atom. The van der Waals surface area contributed by atoms with Crippen LogP contribution in [0.15, 0.2) is 63.6 Å². The van der Waals surface area contributed by atoms with Crippen molar-refractivity contribution in [2.75, 3.05) is 6.54 Å². The number of aryl methyl sites for hydroxylation is 1. The van der Waals surface area contributed by atoms with Gasteiger partial charge in [-0.3, -0.25) is 4.79 Å². The highest BCUT2D eigenvalue weighted by atomic mass is 16.4. The number of fused-ring (bicyclic) bond motifs is 3. The summed E-state index contributed by atoms with van der Waals surface area (Å²) in [5.74, 6) is 0.314. The molecule has 0 bridgehead atoms. The van der Waals surface area contributed by atoms with Gasteiger partial charge in [-0.1, -0.05) is 36.4 Å². The number of benzene rings is 2. The smallest absolute Gasteiger partial charge is 0.287 e. The van der Waals surface area contributed by atoms with Crippen LogP contribution < -0.4 is 5.32 Å². The molecule has 25 heavy (non-hydrogen) atoms. The normalized spacial score (nSPS) is 12.6. The zero-order chi connectivity index (χ0) is 17.4. The summed E-state index contributed by atoms with van der Waals surface area (Å²) in [6.07, 6.45) is 0.582. The predicted octanol–water partition coefficient (Wildman–Crippen LogP) is 3.95. The van der Waals surface area contributed by atoms with E-state index in [0.717, 1.165) is 21.7 Å². The van der Waals surface area contributed by atoms with Crippen molar-refractivity contribution in [3.63, 3.8) is 0 Å². The van der Waals surface area contributed by atoms with E-state index in [1.807, 2.05) is 43.3 Å². The van der Waals surface area contributed by atoms with E-state index in [1.54, 1.807) is 12.1 Å². The Hall–Kier alpha value is -3.05. The van der Waals surface area contributed by atoms with Crippen molar-refractivity contribution < 1.29 is 18.7 Å². The SMILES string of the molecule is Cc1c(C(=O)NCC(O)c2ccco2)oc2c1ccc1ccccc12. The molecule has 5 heteroatoms. The summed E-state index contributed by atoms with van der Waals surface area (Å²) in [4.78, 5) is 12.5. The molecule has 0 fully saturated rings. The minimum Gasteiger partial charge on any atom is -0.467 e. The van der Waals surface area contributed by atoms with Gasteiger partial charge >= 0.3 is 0 Å². The third-order valence-corrected chi connectivity index (χ3v) is 4.36. The minimum atomic E-state index is -0.899.